The van der Waals surface area contributed by atoms with Gasteiger partial charge in [-0.3, -0.25) is 9.79 Å². The van der Waals surface area contributed by atoms with E-state index < -0.39 is 0 Å². The van der Waals surface area contributed by atoms with E-state index >= 15 is 0 Å². The van der Waals surface area contributed by atoms with Crippen molar-refractivity contribution < 1.29 is 9.53 Å². The quantitative estimate of drug-likeness (QED) is 0.388. The molecular formula is C27H32N4O2. The van der Waals surface area contributed by atoms with Gasteiger partial charge in [-0.15, -0.1) is 0 Å². The molecule has 0 aromatic heterocycles. The number of nitrogens with zero attached hydrogens (tertiary/aromatic N) is 2. The van der Waals surface area contributed by atoms with E-state index in [1.165, 1.54) is 0 Å². The standard InChI is InChI=1S/C27H32N4O2/c1-28-27(29-17-16-21-10-9-13-22(18-21)26(32)31(2)3)30-19-23-11-7-8-12-24(23)20-33-25-14-5-4-6-15-25/h4-15,18H,16-17,19-20H2,1-3H3,(H2,28,29,30). The molecule has 0 radical (unpaired) electrons. The van der Waals surface area contributed by atoms with Crippen molar-refractivity contribution in [2.75, 3.05) is 27.7 Å². The second-order valence-corrected chi connectivity index (χ2v) is 7.87. The average Bonchev–Trinajstić information content (AvgIpc) is 2.85. The zero-order chi connectivity index (χ0) is 23.5. The van der Waals surface area contributed by atoms with Crippen LogP contribution in [0.15, 0.2) is 83.9 Å². The Bertz CT molecular complexity index is 1060. The minimum absolute atomic E-state index is 0.0113. The lowest BCUT2D eigenvalue weighted by Crippen LogP contribution is -2.38. The lowest BCUT2D eigenvalue weighted by molar-refractivity contribution is 0.0827. The van der Waals surface area contributed by atoms with Crippen LogP contribution in [0.4, 0.5) is 0 Å². The Labute approximate surface area is 196 Å². The van der Waals surface area contributed by atoms with E-state index in [9.17, 15) is 4.79 Å². The van der Waals surface area contributed by atoms with E-state index in [0.29, 0.717) is 25.3 Å². The first-order chi connectivity index (χ1) is 16.1. The van der Waals surface area contributed by atoms with Crippen molar-refractivity contribution in [1.29, 1.82) is 0 Å². The maximum atomic E-state index is 12.2. The highest BCUT2D eigenvalue weighted by Gasteiger charge is 2.08. The average molecular weight is 445 g/mol. The molecule has 3 aromatic carbocycles. The molecule has 0 bridgehead atoms. The molecule has 0 saturated carbocycles. The van der Waals surface area contributed by atoms with Crippen molar-refractivity contribution in [3.05, 3.63) is 101 Å². The van der Waals surface area contributed by atoms with Gasteiger partial charge in [-0.1, -0.05) is 54.6 Å². The topological polar surface area (TPSA) is 66.0 Å². The number of amides is 1. The maximum absolute atomic E-state index is 12.2. The number of carbonyl (C=O) groups is 1. The second-order valence-electron chi connectivity index (χ2n) is 7.87. The molecule has 3 rings (SSSR count). The molecular weight excluding hydrogens is 412 g/mol. The normalized spacial score (nSPS) is 11.1. The van der Waals surface area contributed by atoms with Crippen molar-refractivity contribution >= 4 is 11.9 Å². The second kappa shape index (κ2) is 12.3. The number of guanidine groups is 1. The van der Waals surface area contributed by atoms with Crippen LogP contribution in [0.3, 0.4) is 0 Å². The number of hydrogen-bond acceptors (Lipinski definition) is 3. The Kier molecular flexibility index (Phi) is 8.88. The van der Waals surface area contributed by atoms with Crippen LogP contribution < -0.4 is 15.4 Å². The first-order valence-corrected chi connectivity index (χ1v) is 11.1. The van der Waals surface area contributed by atoms with Crippen LogP contribution in [0.25, 0.3) is 0 Å². The molecule has 0 fully saturated rings. The van der Waals surface area contributed by atoms with Crippen LogP contribution in [0.5, 0.6) is 5.75 Å². The maximum Gasteiger partial charge on any atom is 0.253 e. The number of rotatable bonds is 9. The summed E-state index contributed by atoms with van der Waals surface area (Å²) in [6.45, 7) is 1.86. The number of para-hydroxylation sites is 1. The van der Waals surface area contributed by atoms with Crippen LogP contribution in [0.2, 0.25) is 0 Å². The van der Waals surface area contributed by atoms with E-state index in [4.69, 9.17) is 4.74 Å². The summed E-state index contributed by atoms with van der Waals surface area (Å²) in [7, 11) is 5.28. The monoisotopic (exact) mass is 444 g/mol. The predicted octanol–water partition coefficient (Wildman–Crippen LogP) is 3.88. The van der Waals surface area contributed by atoms with Crippen molar-refractivity contribution in [3.63, 3.8) is 0 Å². The fourth-order valence-corrected chi connectivity index (χ4v) is 3.39. The molecule has 0 heterocycles. The minimum atomic E-state index is 0.0113. The third-order valence-corrected chi connectivity index (χ3v) is 5.21. The zero-order valence-electron chi connectivity index (χ0n) is 19.5. The van der Waals surface area contributed by atoms with Gasteiger partial charge < -0.3 is 20.3 Å². The largest absolute Gasteiger partial charge is 0.489 e. The number of ether oxygens (including phenoxy) is 1. The summed E-state index contributed by atoms with van der Waals surface area (Å²) in [6.07, 6.45) is 0.788. The van der Waals surface area contributed by atoms with Crippen LogP contribution in [0, 0.1) is 0 Å². The molecule has 0 aliphatic carbocycles. The van der Waals surface area contributed by atoms with Gasteiger partial charge in [0, 0.05) is 39.8 Å². The van der Waals surface area contributed by atoms with E-state index in [0.717, 1.165) is 34.8 Å². The molecule has 6 heteroatoms. The molecule has 0 spiro atoms. The third-order valence-electron chi connectivity index (χ3n) is 5.21. The molecule has 1 amide bonds. The Morgan fingerprint density at radius 2 is 1.64 bits per heavy atom. The van der Waals surface area contributed by atoms with Crippen LogP contribution in [0.1, 0.15) is 27.0 Å². The van der Waals surface area contributed by atoms with Crippen molar-refractivity contribution in [3.8, 4) is 5.75 Å². The fraction of sp³-hybridized carbons (Fsp3) is 0.259. The first-order valence-electron chi connectivity index (χ1n) is 11.1. The molecule has 3 aromatic rings. The van der Waals surface area contributed by atoms with Crippen molar-refractivity contribution in [1.82, 2.24) is 15.5 Å². The molecule has 172 valence electrons. The van der Waals surface area contributed by atoms with Crippen LogP contribution >= 0.6 is 0 Å². The fourth-order valence-electron chi connectivity index (χ4n) is 3.39. The molecule has 0 aliphatic heterocycles. The van der Waals surface area contributed by atoms with Gasteiger partial charge in [0.05, 0.1) is 0 Å². The molecule has 33 heavy (non-hydrogen) atoms. The number of benzene rings is 3. The summed E-state index contributed by atoms with van der Waals surface area (Å²) in [5.74, 6) is 1.60. The van der Waals surface area contributed by atoms with Gasteiger partial charge in [0.2, 0.25) is 0 Å². The van der Waals surface area contributed by atoms with Crippen molar-refractivity contribution in [2.24, 2.45) is 4.99 Å². The lowest BCUT2D eigenvalue weighted by Gasteiger charge is -2.15. The summed E-state index contributed by atoms with van der Waals surface area (Å²) in [5.41, 5.74) is 4.10. The first kappa shape index (κ1) is 23.9. The Hall–Kier alpha value is -3.80. The van der Waals surface area contributed by atoms with Gasteiger partial charge in [-0.25, -0.2) is 0 Å². The highest BCUT2D eigenvalue weighted by molar-refractivity contribution is 5.94. The van der Waals surface area contributed by atoms with Gasteiger partial charge in [-0.2, -0.15) is 0 Å². The summed E-state index contributed by atoms with van der Waals surface area (Å²) >= 11 is 0. The number of hydrogen-bond donors (Lipinski definition) is 2. The van der Waals surface area contributed by atoms with Gasteiger partial charge >= 0.3 is 0 Å². The van der Waals surface area contributed by atoms with E-state index in [2.05, 4.69) is 27.8 Å². The highest BCUT2D eigenvalue weighted by Crippen LogP contribution is 2.14. The highest BCUT2D eigenvalue weighted by atomic mass is 16.5. The Morgan fingerprint density at radius 1 is 0.909 bits per heavy atom. The summed E-state index contributed by atoms with van der Waals surface area (Å²) < 4.78 is 5.92. The molecule has 0 saturated heterocycles. The summed E-state index contributed by atoms with van der Waals surface area (Å²) in [4.78, 5) is 18.1. The van der Waals surface area contributed by atoms with Gasteiger partial charge in [0.25, 0.3) is 5.91 Å². The SMILES string of the molecule is CN=C(NCCc1cccc(C(=O)N(C)C)c1)NCc1ccccc1COc1ccccc1. The number of nitrogens with one attached hydrogen (secondary N) is 2. The number of carbonyl (C=O) groups excluding carboxylic acids is 1. The summed E-state index contributed by atoms with van der Waals surface area (Å²) in [6, 6.07) is 25.8. The Morgan fingerprint density at radius 3 is 2.36 bits per heavy atom. The van der Waals surface area contributed by atoms with Gasteiger partial charge in [0.15, 0.2) is 5.96 Å². The predicted molar refractivity (Wildman–Crippen MR) is 134 cm³/mol. The lowest BCUT2D eigenvalue weighted by atomic mass is 10.1. The number of aliphatic imine (C=N–C) groups is 1. The van der Waals surface area contributed by atoms with Crippen molar-refractivity contribution in [2.45, 2.75) is 19.6 Å². The molecule has 0 aliphatic rings. The molecule has 6 nitrogen and oxygen atoms in total. The minimum Gasteiger partial charge on any atom is -0.489 e. The van der Waals surface area contributed by atoms with E-state index in [1.807, 2.05) is 66.7 Å². The van der Waals surface area contributed by atoms with Gasteiger partial charge in [-0.05, 0) is 47.4 Å². The summed E-state index contributed by atoms with van der Waals surface area (Å²) in [5, 5.41) is 6.73. The molecule has 0 atom stereocenters. The van der Waals surface area contributed by atoms with Crippen LogP contribution in [-0.4, -0.2) is 44.5 Å². The van der Waals surface area contributed by atoms with E-state index in [-0.39, 0.29) is 5.91 Å². The third kappa shape index (κ3) is 7.38. The zero-order valence-corrected chi connectivity index (χ0v) is 19.5. The Balaban J connectivity index is 1.50. The molecule has 2 N–H and O–H groups in total. The smallest absolute Gasteiger partial charge is 0.253 e. The molecule has 0 unspecified atom stereocenters. The van der Waals surface area contributed by atoms with E-state index in [1.54, 1.807) is 26.0 Å². The van der Waals surface area contributed by atoms with Gasteiger partial charge in [0.1, 0.15) is 12.4 Å². The van der Waals surface area contributed by atoms with Crippen LogP contribution in [-0.2, 0) is 19.6 Å².